The average molecular weight is 285 g/mol. The summed E-state index contributed by atoms with van der Waals surface area (Å²) in [6.07, 6.45) is -3.08. The number of rotatable bonds is 3. The van der Waals surface area contributed by atoms with Crippen LogP contribution in [-0.2, 0) is 4.74 Å². The summed E-state index contributed by atoms with van der Waals surface area (Å²) in [5.74, 6) is 0. The lowest BCUT2D eigenvalue weighted by atomic mass is 10.1. The second-order valence-electron chi connectivity index (χ2n) is 4.37. The molecule has 4 atom stereocenters. The second-order valence-corrected chi connectivity index (χ2v) is 4.37. The largest absolute Gasteiger partial charge is 0.394 e. The van der Waals surface area contributed by atoms with Gasteiger partial charge in [0.2, 0.25) is 0 Å². The number of nitrogens with one attached hydrogen (secondary N) is 1. The topological polar surface area (TPSA) is 133 Å². The van der Waals surface area contributed by atoms with Crippen molar-refractivity contribution < 1.29 is 14.2 Å². The number of hydrogen-bond acceptors (Lipinski definition) is 5. The van der Waals surface area contributed by atoms with Gasteiger partial charge in [-0.3, -0.25) is 14.3 Å². The Bertz CT molecular complexity index is 664. The Morgan fingerprint density at radius 2 is 2.35 bits per heavy atom. The van der Waals surface area contributed by atoms with Crippen molar-refractivity contribution in [1.82, 2.24) is 9.55 Å². The van der Waals surface area contributed by atoms with Gasteiger partial charge in [0, 0.05) is 16.7 Å². The van der Waals surface area contributed by atoms with E-state index < -0.39 is 42.4 Å². The third-order valence-corrected chi connectivity index (χ3v) is 3.08. The van der Waals surface area contributed by atoms with Gasteiger partial charge < -0.3 is 9.84 Å². The molecule has 1 aliphatic heterocycles. The predicted octanol–water partition coefficient (Wildman–Crippen LogP) is -0.248. The van der Waals surface area contributed by atoms with E-state index in [-0.39, 0.29) is 5.56 Å². The van der Waals surface area contributed by atoms with Crippen LogP contribution in [0.1, 0.15) is 11.8 Å². The number of hydrogen-bond donors (Lipinski definition) is 2. The number of azide groups is 1. The smallest absolute Gasteiger partial charge is 0.330 e. The summed E-state index contributed by atoms with van der Waals surface area (Å²) >= 11 is 0. The first-order chi connectivity index (χ1) is 9.49. The number of aliphatic hydroxyl groups excluding tert-OH is 1. The molecular formula is C10H12FN5O4. The summed E-state index contributed by atoms with van der Waals surface area (Å²) in [4.78, 5) is 27.5. The van der Waals surface area contributed by atoms with Crippen LogP contribution in [0.15, 0.2) is 20.9 Å². The number of aromatic nitrogens is 2. The van der Waals surface area contributed by atoms with Gasteiger partial charge in [-0.2, -0.15) is 0 Å². The van der Waals surface area contributed by atoms with Crippen molar-refractivity contribution in [1.29, 1.82) is 0 Å². The van der Waals surface area contributed by atoms with Crippen molar-refractivity contribution in [3.8, 4) is 0 Å². The Hall–Kier alpha value is -2.16. The Labute approximate surface area is 111 Å². The normalized spacial score (nSPS) is 29.1. The molecule has 0 radical (unpaired) electrons. The number of aromatic amines is 1. The molecule has 20 heavy (non-hydrogen) atoms. The van der Waals surface area contributed by atoms with E-state index >= 15 is 0 Å². The quantitative estimate of drug-likeness (QED) is 0.450. The van der Waals surface area contributed by atoms with E-state index in [0.717, 1.165) is 10.8 Å². The van der Waals surface area contributed by atoms with Crippen molar-refractivity contribution in [2.45, 2.75) is 31.5 Å². The maximum Gasteiger partial charge on any atom is 0.330 e. The molecule has 1 aromatic heterocycles. The first kappa shape index (κ1) is 14.3. The van der Waals surface area contributed by atoms with Crippen molar-refractivity contribution in [2.75, 3.05) is 6.61 Å². The van der Waals surface area contributed by atoms with Gasteiger partial charge in [0.15, 0.2) is 12.4 Å². The number of aryl methyl sites for hydroxylation is 1. The fourth-order valence-corrected chi connectivity index (χ4v) is 2.05. The molecule has 9 nitrogen and oxygen atoms in total. The minimum Gasteiger partial charge on any atom is -0.394 e. The highest BCUT2D eigenvalue weighted by atomic mass is 19.1. The summed E-state index contributed by atoms with van der Waals surface area (Å²) in [5.41, 5.74) is 7.17. The Morgan fingerprint density at radius 1 is 1.65 bits per heavy atom. The summed E-state index contributed by atoms with van der Waals surface area (Å²) < 4.78 is 20.3. The van der Waals surface area contributed by atoms with Crippen molar-refractivity contribution in [3.63, 3.8) is 0 Å². The molecule has 1 saturated heterocycles. The third kappa shape index (κ3) is 2.31. The van der Waals surface area contributed by atoms with Crippen LogP contribution in [0.3, 0.4) is 0 Å². The maximum atomic E-state index is 14.2. The van der Waals surface area contributed by atoms with Crippen LogP contribution >= 0.6 is 0 Å². The Kier molecular flexibility index (Phi) is 3.89. The van der Waals surface area contributed by atoms with Crippen LogP contribution in [-0.4, -0.2) is 39.6 Å². The van der Waals surface area contributed by atoms with Gasteiger partial charge in [0.25, 0.3) is 5.56 Å². The van der Waals surface area contributed by atoms with Gasteiger partial charge in [-0.05, 0) is 12.5 Å². The van der Waals surface area contributed by atoms with E-state index in [4.69, 9.17) is 15.4 Å². The van der Waals surface area contributed by atoms with Crippen LogP contribution in [0.5, 0.6) is 0 Å². The molecule has 0 aromatic carbocycles. The second kappa shape index (κ2) is 5.45. The molecule has 2 heterocycles. The monoisotopic (exact) mass is 285 g/mol. The van der Waals surface area contributed by atoms with Gasteiger partial charge in [0.05, 0.1) is 12.7 Å². The molecule has 10 heteroatoms. The molecule has 108 valence electrons. The highest BCUT2D eigenvalue weighted by Gasteiger charge is 2.45. The molecule has 2 rings (SSSR count). The van der Waals surface area contributed by atoms with Crippen molar-refractivity contribution in [3.05, 3.63) is 43.0 Å². The molecule has 0 bridgehead atoms. The number of nitrogens with zero attached hydrogens (tertiary/aromatic N) is 4. The lowest BCUT2D eigenvalue weighted by molar-refractivity contribution is -0.0403. The van der Waals surface area contributed by atoms with Crippen molar-refractivity contribution >= 4 is 0 Å². The summed E-state index contributed by atoms with van der Waals surface area (Å²) in [7, 11) is 0. The molecule has 0 saturated carbocycles. The van der Waals surface area contributed by atoms with Crippen molar-refractivity contribution in [2.24, 2.45) is 5.11 Å². The average Bonchev–Trinajstić information content (AvgIpc) is 2.72. The van der Waals surface area contributed by atoms with Crippen LogP contribution < -0.4 is 11.2 Å². The highest BCUT2D eigenvalue weighted by molar-refractivity contribution is 5.04. The zero-order valence-electron chi connectivity index (χ0n) is 10.4. The minimum absolute atomic E-state index is 0.202. The highest BCUT2D eigenvalue weighted by Crippen LogP contribution is 2.32. The number of H-pyrrole nitrogens is 1. The van der Waals surface area contributed by atoms with Gasteiger partial charge in [-0.25, -0.2) is 9.18 Å². The van der Waals surface area contributed by atoms with Gasteiger partial charge in [-0.1, -0.05) is 5.11 Å². The number of aliphatic hydroxyl groups is 1. The van der Waals surface area contributed by atoms with Crippen LogP contribution in [0.4, 0.5) is 4.39 Å². The zero-order chi connectivity index (χ0) is 14.9. The first-order valence-electron chi connectivity index (χ1n) is 5.76. The fraction of sp³-hybridized carbons (Fsp3) is 0.600. The van der Waals surface area contributed by atoms with Crippen LogP contribution in [0, 0.1) is 6.92 Å². The minimum atomic E-state index is -1.81. The molecule has 0 amide bonds. The van der Waals surface area contributed by atoms with E-state index in [0.29, 0.717) is 0 Å². The van der Waals surface area contributed by atoms with Crippen LogP contribution in [0.25, 0.3) is 10.4 Å². The summed E-state index contributed by atoms with van der Waals surface area (Å²) in [5, 5.41) is 12.3. The molecule has 2 N–H and O–H groups in total. The zero-order valence-corrected chi connectivity index (χ0v) is 10.4. The van der Waals surface area contributed by atoms with E-state index in [2.05, 4.69) is 10.0 Å². The molecule has 1 aromatic rings. The first-order valence-corrected chi connectivity index (χ1v) is 5.76. The molecule has 1 aliphatic rings. The number of ether oxygens (including phenoxy) is 1. The number of halogens is 1. The van der Waals surface area contributed by atoms with E-state index in [1.54, 1.807) is 0 Å². The fourth-order valence-electron chi connectivity index (χ4n) is 2.05. The molecule has 1 fully saturated rings. The van der Waals surface area contributed by atoms with Crippen LogP contribution in [0.2, 0.25) is 0 Å². The Morgan fingerprint density at radius 3 is 2.95 bits per heavy atom. The predicted molar refractivity (Wildman–Crippen MR) is 64.9 cm³/mol. The molecular weight excluding hydrogens is 273 g/mol. The third-order valence-electron chi connectivity index (χ3n) is 3.08. The van der Waals surface area contributed by atoms with E-state index in [1.807, 2.05) is 4.98 Å². The lowest BCUT2D eigenvalue weighted by Crippen LogP contribution is -2.36. The van der Waals surface area contributed by atoms with Gasteiger partial charge in [-0.15, -0.1) is 0 Å². The SMILES string of the molecule is Cc1cn([C@@H]2O[C@H](CO)C(N=[N+]=[N-])[C@H]2F)c(=O)[nH]c1=O. The lowest BCUT2D eigenvalue weighted by Gasteiger charge is -2.16. The standard InChI is InChI=1S/C10H12FN5O4/c1-4-2-16(10(19)13-8(4)18)9-6(11)7(14-15-12)5(3-17)20-9/h2,5-7,9,17H,3H2,1H3,(H,13,18,19)/t5-,6-,7?,9-/m1/s1. The molecule has 1 unspecified atom stereocenters. The Balaban J connectivity index is 2.44. The maximum absolute atomic E-state index is 14.2. The number of alkyl halides is 1. The van der Waals surface area contributed by atoms with Gasteiger partial charge >= 0.3 is 5.69 Å². The summed E-state index contributed by atoms with van der Waals surface area (Å²) in [6, 6.07) is -1.24. The van der Waals surface area contributed by atoms with Gasteiger partial charge in [0.1, 0.15) is 6.04 Å². The molecule has 0 spiro atoms. The van der Waals surface area contributed by atoms with E-state index in [9.17, 15) is 14.0 Å². The van der Waals surface area contributed by atoms with E-state index in [1.165, 1.54) is 6.92 Å². The molecule has 0 aliphatic carbocycles. The summed E-state index contributed by atoms with van der Waals surface area (Å²) in [6.45, 7) is 0.892.